The van der Waals surface area contributed by atoms with Crippen molar-refractivity contribution < 1.29 is 14.3 Å². The molecule has 5 heteroatoms. The van der Waals surface area contributed by atoms with Crippen LogP contribution in [0.3, 0.4) is 0 Å². The fraction of sp³-hybridized carbons (Fsp3) is 0.524. The van der Waals surface area contributed by atoms with Crippen molar-refractivity contribution in [1.82, 2.24) is 9.80 Å². The number of piperidine rings is 1. The highest BCUT2D eigenvalue weighted by atomic mass is 16.5. The molecule has 2 aliphatic rings. The smallest absolute Gasteiger partial charge is 0.277 e. The zero-order chi connectivity index (χ0) is 18.7. The number of imide groups is 1. The summed E-state index contributed by atoms with van der Waals surface area (Å²) in [7, 11) is 0. The first-order valence-electron chi connectivity index (χ1n) is 9.65. The first kappa shape index (κ1) is 18.5. The molecule has 0 radical (unpaired) electrons. The summed E-state index contributed by atoms with van der Waals surface area (Å²) in [6.07, 6.45) is 3.17. The molecule has 1 fully saturated rings. The lowest BCUT2D eigenvalue weighted by Crippen LogP contribution is -2.39. The minimum atomic E-state index is -0.187. The van der Waals surface area contributed by atoms with Crippen molar-refractivity contribution in [3.8, 4) is 5.75 Å². The van der Waals surface area contributed by atoms with Crippen molar-refractivity contribution in [1.29, 1.82) is 0 Å². The number of nitrogens with zero attached hydrogens (tertiary/aromatic N) is 2. The maximum Gasteiger partial charge on any atom is 0.277 e. The number of carbonyl (C=O) groups excluding carboxylic acids is 2. The van der Waals surface area contributed by atoms with E-state index >= 15 is 0 Å². The predicted octanol–water partition coefficient (Wildman–Crippen LogP) is 3.31. The maximum absolute atomic E-state index is 12.9. The quantitative estimate of drug-likeness (QED) is 0.734. The number of ether oxygens (including phenoxy) is 1. The number of hydrogen-bond donors (Lipinski definition) is 0. The van der Waals surface area contributed by atoms with E-state index in [0.717, 1.165) is 37.2 Å². The van der Waals surface area contributed by atoms with Crippen molar-refractivity contribution in [3.63, 3.8) is 0 Å². The van der Waals surface area contributed by atoms with Crippen LogP contribution in [-0.4, -0.2) is 47.9 Å². The van der Waals surface area contributed by atoms with Gasteiger partial charge in [-0.25, -0.2) is 0 Å². The van der Waals surface area contributed by atoms with E-state index in [0.29, 0.717) is 30.3 Å². The minimum absolute atomic E-state index is 0.159. The molecule has 1 aromatic carbocycles. The number of hydrogen-bond acceptors (Lipinski definition) is 4. The van der Waals surface area contributed by atoms with Crippen LogP contribution in [0.25, 0.3) is 5.57 Å². The van der Waals surface area contributed by atoms with Crippen LogP contribution in [0.5, 0.6) is 5.75 Å². The van der Waals surface area contributed by atoms with Crippen molar-refractivity contribution in [2.24, 2.45) is 5.92 Å². The zero-order valence-electron chi connectivity index (χ0n) is 16.0. The summed E-state index contributed by atoms with van der Waals surface area (Å²) < 4.78 is 5.63. The van der Waals surface area contributed by atoms with E-state index in [4.69, 9.17) is 4.74 Å². The Hall–Kier alpha value is -2.30. The second kappa shape index (κ2) is 7.94. The lowest BCUT2D eigenvalue weighted by molar-refractivity contribution is -0.137. The molecule has 1 atom stereocenters. The van der Waals surface area contributed by atoms with Gasteiger partial charge in [0.1, 0.15) is 11.4 Å². The number of likely N-dealkylation sites (N-methyl/N-ethyl adjacent to an activating group) is 1. The van der Waals surface area contributed by atoms with E-state index in [1.54, 1.807) is 0 Å². The van der Waals surface area contributed by atoms with Gasteiger partial charge >= 0.3 is 0 Å². The molecule has 1 unspecified atom stereocenters. The minimum Gasteiger partial charge on any atom is -0.494 e. The third-order valence-electron chi connectivity index (χ3n) is 5.05. The van der Waals surface area contributed by atoms with Gasteiger partial charge in [-0.05, 0) is 49.8 Å². The van der Waals surface area contributed by atoms with Gasteiger partial charge in [-0.2, -0.15) is 0 Å². The van der Waals surface area contributed by atoms with E-state index in [-0.39, 0.29) is 11.8 Å². The third-order valence-corrected chi connectivity index (χ3v) is 5.05. The molecule has 0 spiro atoms. The second-order valence-corrected chi connectivity index (χ2v) is 7.14. The number of rotatable bonds is 6. The molecule has 0 aliphatic carbocycles. The van der Waals surface area contributed by atoms with Gasteiger partial charge in [0, 0.05) is 19.6 Å². The zero-order valence-corrected chi connectivity index (χ0v) is 16.0. The lowest BCUT2D eigenvalue weighted by atomic mass is 9.97. The molecule has 5 nitrogen and oxygen atoms in total. The Morgan fingerprint density at radius 2 is 1.85 bits per heavy atom. The van der Waals surface area contributed by atoms with E-state index in [9.17, 15) is 9.59 Å². The highest BCUT2D eigenvalue weighted by Gasteiger charge is 2.41. The average molecular weight is 356 g/mol. The molecule has 1 saturated heterocycles. The second-order valence-electron chi connectivity index (χ2n) is 7.14. The summed E-state index contributed by atoms with van der Waals surface area (Å²) in [6.45, 7) is 8.82. The van der Waals surface area contributed by atoms with Crippen molar-refractivity contribution in [2.45, 2.75) is 40.0 Å². The molecule has 0 aromatic heterocycles. The molecule has 0 N–H and O–H groups in total. The molecule has 2 amide bonds. The largest absolute Gasteiger partial charge is 0.494 e. The van der Waals surface area contributed by atoms with Crippen LogP contribution in [0.2, 0.25) is 0 Å². The molecule has 2 heterocycles. The number of benzene rings is 1. The van der Waals surface area contributed by atoms with Gasteiger partial charge in [0.2, 0.25) is 0 Å². The molecular weight excluding hydrogens is 328 g/mol. The first-order valence-corrected chi connectivity index (χ1v) is 9.65. The third kappa shape index (κ3) is 3.48. The summed E-state index contributed by atoms with van der Waals surface area (Å²) in [5.74, 6) is 0.968. The summed E-state index contributed by atoms with van der Waals surface area (Å²) >= 11 is 0. The van der Waals surface area contributed by atoms with Crippen molar-refractivity contribution in [2.75, 3.05) is 26.2 Å². The fourth-order valence-electron chi connectivity index (χ4n) is 3.73. The molecule has 0 bridgehead atoms. The fourth-order valence-corrected chi connectivity index (χ4v) is 3.73. The van der Waals surface area contributed by atoms with Gasteiger partial charge in [0.15, 0.2) is 0 Å². The standard InChI is InChI=1S/C21H28N2O3/c1-4-13-26-17-10-8-16(9-11-17)18-19(21(25)23(5-2)20(18)24)22-12-6-7-15(3)14-22/h8-11,15H,4-7,12-14H2,1-3H3. The molecular formula is C21H28N2O3. The summed E-state index contributed by atoms with van der Waals surface area (Å²) in [5.41, 5.74) is 1.90. The van der Waals surface area contributed by atoms with E-state index < -0.39 is 0 Å². The summed E-state index contributed by atoms with van der Waals surface area (Å²) in [5, 5.41) is 0. The summed E-state index contributed by atoms with van der Waals surface area (Å²) in [4.78, 5) is 29.3. The Labute approximate surface area is 155 Å². The first-order chi connectivity index (χ1) is 12.6. The van der Waals surface area contributed by atoms with Crippen LogP contribution < -0.4 is 4.74 Å². The van der Waals surface area contributed by atoms with Crippen LogP contribution in [-0.2, 0) is 9.59 Å². The van der Waals surface area contributed by atoms with Gasteiger partial charge in [-0.3, -0.25) is 14.5 Å². The lowest BCUT2D eigenvalue weighted by Gasteiger charge is -2.33. The highest BCUT2D eigenvalue weighted by molar-refractivity contribution is 6.35. The highest BCUT2D eigenvalue weighted by Crippen LogP contribution is 2.34. The SMILES string of the molecule is CCCOc1ccc(C2=C(N3CCCC(C)C3)C(=O)N(CC)C2=O)cc1. The van der Waals surface area contributed by atoms with Gasteiger partial charge in [-0.1, -0.05) is 26.0 Å². The van der Waals surface area contributed by atoms with Crippen molar-refractivity contribution >= 4 is 17.4 Å². The van der Waals surface area contributed by atoms with E-state index in [1.165, 1.54) is 11.3 Å². The van der Waals surface area contributed by atoms with Gasteiger partial charge in [-0.15, -0.1) is 0 Å². The van der Waals surface area contributed by atoms with Gasteiger partial charge in [0.05, 0.1) is 12.2 Å². The van der Waals surface area contributed by atoms with Crippen LogP contribution in [0, 0.1) is 5.92 Å². The van der Waals surface area contributed by atoms with Crippen LogP contribution in [0.15, 0.2) is 30.0 Å². The monoisotopic (exact) mass is 356 g/mol. The Bertz CT molecular complexity index is 708. The Kier molecular flexibility index (Phi) is 5.64. The normalized spacial score (nSPS) is 21.0. The predicted molar refractivity (Wildman–Crippen MR) is 102 cm³/mol. The molecule has 3 rings (SSSR count). The number of likely N-dealkylation sites (tertiary alicyclic amines) is 1. The van der Waals surface area contributed by atoms with Crippen LogP contribution >= 0.6 is 0 Å². The molecule has 140 valence electrons. The average Bonchev–Trinajstić information content (AvgIpc) is 2.90. The van der Waals surface area contributed by atoms with Gasteiger partial charge in [0.25, 0.3) is 11.8 Å². The van der Waals surface area contributed by atoms with Gasteiger partial charge < -0.3 is 9.64 Å². The Balaban J connectivity index is 1.97. The molecule has 0 saturated carbocycles. The molecule has 26 heavy (non-hydrogen) atoms. The van der Waals surface area contributed by atoms with Crippen molar-refractivity contribution in [3.05, 3.63) is 35.5 Å². The molecule has 1 aromatic rings. The summed E-state index contributed by atoms with van der Waals surface area (Å²) in [6, 6.07) is 7.53. The Morgan fingerprint density at radius 3 is 2.46 bits per heavy atom. The number of carbonyl (C=O) groups is 2. The van der Waals surface area contributed by atoms with Crippen LogP contribution in [0.1, 0.15) is 45.6 Å². The van der Waals surface area contributed by atoms with E-state index in [1.807, 2.05) is 31.2 Å². The maximum atomic E-state index is 12.9. The number of amides is 2. The topological polar surface area (TPSA) is 49.9 Å². The van der Waals surface area contributed by atoms with E-state index in [2.05, 4.69) is 18.7 Å². The Morgan fingerprint density at radius 1 is 1.12 bits per heavy atom. The molecule has 2 aliphatic heterocycles. The van der Waals surface area contributed by atoms with Crippen LogP contribution in [0.4, 0.5) is 0 Å².